The summed E-state index contributed by atoms with van der Waals surface area (Å²) in [6.07, 6.45) is -1.07. The van der Waals surface area contributed by atoms with Gasteiger partial charge in [0.25, 0.3) is 5.91 Å². The van der Waals surface area contributed by atoms with Crippen molar-refractivity contribution in [1.82, 2.24) is 5.32 Å². The van der Waals surface area contributed by atoms with Gasteiger partial charge in [0.05, 0.1) is 5.56 Å². The summed E-state index contributed by atoms with van der Waals surface area (Å²) in [6, 6.07) is 5.78. The van der Waals surface area contributed by atoms with Gasteiger partial charge in [0, 0.05) is 0 Å². The predicted molar refractivity (Wildman–Crippen MR) is 72.9 cm³/mol. The minimum atomic E-state index is -1.07. The number of imide groups is 1. The highest BCUT2D eigenvalue weighted by molar-refractivity contribution is 5.98. The number of ether oxygens (including phenoxy) is 1. The van der Waals surface area contributed by atoms with Crippen molar-refractivity contribution in [2.24, 2.45) is 11.7 Å². The van der Waals surface area contributed by atoms with Crippen molar-refractivity contribution in [3.63, 3.8) is 0 Å². The highest BCUT2D eigenvalue weighted by Gasteiger charge is 2.27. The van der Waals surface area contributed by atoms with Crippen LogP contribution in [-0.2, 0) is 9.53 Å². The maximum Gasteiger partial charge on any atom is 0.338 e. The van der Waals surface area contributed by atoms with Crippen LogP contribution in [-0.4, -0.2) is 24.0 Å². The molecule has 6 heteroatoms. The number of nitrogens with two attached hydrogens (primary N) is 1. The molecule has 0 saturated heterocycles. The normalized spacial score (nSPS) is 11.8. The molecule has 0 aliphatic carbocycles. The van der Waals surface area contributed by atoms with Crippen molar-refractivity contribution in [3.8, 4) is 0 Å². The molecule has 0 bridgehead atoms. The third kappa shape index (κ3) is 4.38. The third-order valence-electron chi connectivity index (χ3n) is 2.63. The van der Waals surface area contributed by atoms with Gasteiger partial charge in [-0.3, -0.25) is 10.1 Å². The van der Waals surface area contributed by atoms with Crippen LogP contribution >= 0.6 is 0 Å². The summed E-state index contributed by atoms with van der Waals surface area (Å²) < 4.78 is 5.14. The second-order valence-corrected chi connectivity index (χ2v) is 4.79. The molecule has 0 aliphatic rings. The van der Waals surface area contributed by atoms with Gasteiger partial charge in [-0.15, -0.1) is 0 Å². The van der Waals surface area contributed by atoms with E-state index < -0.39 is 24.0 Å². The third-order valence-corrected chi connectivity index (χ3v) is 2.63. The van der Waals surface area contributed by atoms with Crippen LogP contribution in [0.2, 0.25) is 0 Å². The summed E-state index contributed by atoms with van der Waals surface area (Å²) >= 11 is 0. The van der Waals surface area contributed by atoms with Crippen molar-refractivity contribution >= 4 is 17.9 Å². The zero-order chi connectivity index (χ0) is 15.3. The Morgan fingerprint density at radius 3 is 2.15 bits per heavy atom. The lowest BCUT2D eigenvalue weighted by atomic mass is 10.1. The second-order valence-electron chi connectivity index (χ2n) is 4.79. The maximum atomic E-state index is 11.9. The molecule has 0 spiro atoms. The monoisotopic (exact) mass is 278 g/mol. The number of urea groups is 1. The number of hydrogen-bond acceptors (Lipinski definition) is 4. The predicted octanol–water partition coefficient (Wildman–Crippen LogP) is 1.37. The largest absolute Gasteiger partial charge is 0.448 e. The van der Waals surface area contributed by atoms with E-state index in [1.807, 2.05) is 12.2 Å². The van der Waals surface area contributed by atoms with Crippen LogP contribution in [0.1, 0.15) is 29.8 Å². The topological polar surface area (TPSA) is 98.5 Å². The number of nitrogens with one attached hydrogen (secondary N) is 1. The lowest BCUT2D eigenvalue weighted by Gasteiger charge is -2.19. The zero-order valence-corrected chi connectivity index (χ0v) is 11.7. The molecule has 108 valence electrons. The lowest BCUT2D eigenvalue weighted by molar-refractivity contribution is -0.130. The minimum absolute atomic E-state index is 0.288. The van der Waals surface area contributed by atoms with E-state index in [1.54, 1.807) is 38.1 Å². The van der Waals surface area contributed by atoms with E-state index in [4.69, 9.17) is 10.5 Å². The van der Waals surface area contributed by atoms with Gasteiger partial charge < -0.3 is 10.5 Å². The van der Waals surface area contributed by atoms with Crippen molar-refractivity contribution in [1.29, 1.82) is 0 Å². The molecule has 0 aromatic heterocycles. The van der Waals surface area contributed by atoms with Crippen LogP contribution in [0.15, 0.2) is 24.3 Å². The lowest BCUT2D eigenvalue weighted by Crippen LogP contribution is -2.45. The van der Waals surface area contributed by atoms with E-state index in [2.05, 4.69) is 0 Å². The van der Waals surface area contributed by atoms with Crippen molar-refractivity contribution in [2.75, 3.05) is 0 Å². The minimum Gasteiger partial charge on any atom is -0.448 e. The summed E-state index contributed by atoms with van der Waals surface area (Å²) in [4.78, 5) is 34.3. The van der Waals surface area contributed by atoms with Gasteiger partial charge in [0.2, 0.25) is 0 Å². The quantitative estimate of drug-likeness (QED) is 0.812. The molecular formula is C14H18N2O4. The van der Waals surface area contributed by atoms with Gasteiger partial charge in [-0.25, -0.2) is 9.59 Å². The Hall–Kier alpha value is -2.37. The molecule has 1 aromatic rings. The standard InChI is InChI=1S/C14H18N2O4/c1-8(2)11(12(17)16-14(15)19)20-13(18)10-6-4-9(3)5-7-10/h4-8,11H,1-3H3,(H3,15,16,17,19)/t11-/m0/s1. The summed E-state index contributed by atoms with van der Waals surface area (Å²) in [5.74, 6) is -1.64. The first-order valence-electron chi connectivity index (χ1n) is 6.19. The fraction of sp³-hybridized carbons (Fsp3) is 0.357. The van der Waals surface area contributed by atoms with Gasteiger partial charge in [0.1, 0.15) is 0 Å². The Bertz CT molecular complexity index is 508. The molecule has 0 fully saturated rings. The number of carbonyl (C=O) groups is 3. The average Bonchev–Trinajstić information content (AvgIpc) is 2.35. The summed E-state index contributed by atoms with van der Waals surface area (Å²) in [7, 11) is 0. The van der Waals surface area contributed by atoms with E-state index in [9.17, 15) is 14.4 Å². The Morgan fingerprint density at radius 1 is 1.15 bits per heavy atom. The molecule has 3 amide bonds. The highest BCUT2D eigenvalue weighted by Crippen LogP contribution is 2.12. The number of esters is 1. The summed E-state index contributed by atoms with van der Waals surface area (Å²) in [6.45, 7) is 5.30. The SMILES string of the molecule is Cc1ccc(C(=O)O[C@H](C(=O)NC(N)=O)C(C)C)cc1. The Balaban J connectivity index is 2.80. The molecule has 0 radical (unpaired) electrons. The maximum absolute atomic E-state index is 11.9. The van der Waals surface area contributed by atoms with Crippen LogP contribution < -0.4 is 11.1 Å². The van der Waals surface area contributed by atoms with E-state index in [1.165, 1.54) is 0 Å². The molecule has 1 atom stereocenters. The van der Waals surface area contributed by atoms with Gasteiger partial charge >= 0.3 is 12.0 Å². The molecule has 0 saturated carbocycles. The fourth-order valence-corrected chi connectivity index (χ4v) is 1.56. The number of aryl methyl sites for hydroxylation is 1. The van der Waals surface area contributed by atoms with Crippen LogP contribution in [0.5, 0.6) is 0 Å². The van der Waals surface area contributed by atoms with Gasteiger partial charge in [-0.2, -0.15) is 0 Å². The Labute approximate surface area is 117 Å². The van der Waals surface area contributed by atoms with E-state index in [0.717, 1.165) is 5.56 Å². The van der Waals surface area contributed by atoms with Gasteiger partial charge in [-0.1, -0.05) is 31.5 Å². The van der Waals surface area contributed by atoms with Crippen LogP contribution in [0, 0.1) is 12.8 Å². The number of primary amides is 1. The molecule has 0 aliphatic heterocycles. The smallest absolute Gasteiger partial charge is 0.338 e. The Kier molecular flexibility index (Phi) is 5.25. The highest BCUT2D eigenvalue weighted by atomic mass is 16.5. The number of amides is 3. The van der Waals surface area contributed by atoms with E-state index in [-0.39, 0.29) is 5.92 Å². The summed E-state index contributed by atoms with van der Waals surface area (Å²) in [5, 5.41) is 1.91. The first-order valence-corrected chi connectivity index (χ1v) is 6.19. The molecule has 3 N–H and O–H groups in total. The fourth-order valence-electron chi connectivity index (χ4n) is 1.56. The number of rotatable bonds is 4. The van der Waals surface area contributed by atoms with E-state index in [0.29, 0.717) is 5.56 Å². The van der Waals surface area contributed by atoms with Gasteiger partial charge in [-0.05, 0) is 25.0 Å². The Morgan fingerprint density at radius 2 is 1.70 bits per heavy atom. The molecule has 20 heavy (non-hydrogen) atoms. The first-order chi connectivity index (χ1) is 9.31. The molecule has 1 aromatic carbocycles. The van der Waals surface area contributed by atoms with Gasteiger partial charge in [0.15, 0.2) is 6.10 Å². The zero-order valence-electron chi connectivity index (χ0n) is 11.7. The van der Waals surface area contributed by atoms with E-state index >= 15 is 0 Å². The molecular weight excluding hydrogens is 260 g/mol. The molecule has 0 unspecified atom stereocenters. The molecule has 0 heterocycles. The number of carbonyl (C=O) groups excluding carboxylic acids is 3. The average molecular weight is 278 g/mol. The van der Waals surface area contributed by atoms with Crippen LogP contribution in [0.3, 0.4) is 0 Å². The van der Waals surface area contributed by atoms with Crippen LogP contribution in [0.4, 0.5) is 4.79 Å². The second kappa shape index (κ2) is 6.70. The number of benzene rings is 1. The first kappa shape index (κ1) is 15.7. The molecule has 6 nitrogen and oxygen atoms in total. The van der Waals surface area contributed by atoms with Crippen molar-refractivity contribution < 1.29 is 19.1 Å². The van der Waals surface area contributed by atoms with Crippen molar-refractivity contribution in [2.45, 2.75) is 26.9 Å². The molecule has 1 rings (SSSR count). The van der Waals surface area contributed by atoms with Crippen LogP contribution in [0.25, 0.3) is 0 Å². The number of hydrogen-bond donors (Lipinski definition) is 2. The van der Waals surface area contributed by atoms with Crippen molar-refractivity contribution in [3.05, 3.63) is 35.4 Å². The summed E-state index contributed by atoms with van der Waals surface area (Å²) in [5.41, 5.74) is 6.23.